The Kier molecular flexibility index (Phi) is 7.37. The molecule has 4 heteroatoms. The standard InChI is InChI=1S/C15H31NO2S/c1-4-12-16-14-10-8-6-7-9-11-15(14)19(17,18)13(3)5-2/h13-16H,4-12H2,1-3H3. The van der Waals surface area contributed by atoms with Crippen molar-refractivity contribution in [3.63, 3.8) is 0 Å². The summed E-state index contributed by atoms with van der Waals surface area (Å²) in [6.45, 7) is 6.90. The van der Waals surface area contributed by atoms with Crippen molar-refractivity contribution in [1.29, 1.82) is 0 Å². The van der Waals surface area contributed by atoms with Crippen LogP contribution in [0.2, 0.25) is 0 Å². The van der Waals surface area contributed by atoms with Crippen LogP contribution < -0.4 is 5.32 Å². The minimum absolute atomic E-state index is 0.166. The van der Waals surface area contributed by atoms with Crippen LogP contribution in [0.15, 0.2) is 0 Å². The highest BCUT2D eigenvalue weighted by Crippen LogP contribution is 2.26. The van der Waals surface area contributed by atoms with Gasteiger partial charge in [0, 0.05) is 6.04 Å². The monoisotopic (exact) mass is 289 g/mol. The zero-order valence-electron chi connectivity index (χ0n) is 12.8. The molecule has 0 heterocycles. The molecular formula is C15H31NO2S. The van der Waals surface area contributed by atoms with E-state index in [-0.39, 0.29) is 16.5 Å². The number of hydrogen-bond acceptors (Lipinski definition) is 3. The van der Waals surface area contributed by atoms with E-state index in [1.807, 2.05) is 13.8 Å². The van der Waals surface area contributed by atoms with E-state index in [0.29, 0.717) is 0 Å². The number of hydrogen-bond donors (Lipinski definition) is 1. The van der Waals surface area contributed by atoms with Gasteiger partial charge in [-0.05, 0) is 39.2 Å². The second-order valence-corrected chi connectivity index (χ2v) is 8.49. The van der Waals surface area contributed by atoms with Gasteiger partial charge in [-0.15, -0.1) is 0 Å². The van der Waals surface area contributed by atoms with Crippen LogP contribution in [0.3, 0.4) is 0 Å². The zero-order chi connectivity index (χ0) is 14.3. The molecule has 0 amide bonds. The van der Waals surface area contributed by atoms with Gasteiger partial charge in [0.1, 0.15) is 0 Å². The van der Waals surface area contributed by atoms with Gasteiger partial charge in [0.2, 0.25) is 0 Å². The maximum atomic E-state index is 12.7. The summed E-state index contributed by atoms with van der Waals surface area (Å²) in [6.07, 6.45) is 8.30. The number of nitrogens with one attached hydrogen (secondary N) is 1. The van der Waals surface area contributed by atoms with Crippen LogP contribution in [0.5, 0.6) is 0 Å². The Hall–Kier alpha value is -0.0900. The summed E-state index contributed by atoms with van der Waals surface area (Å²) in [6, 6.07) is 0.166. The molecule has 114 valence electrons. The summed E-state index contributed by atoms with van der Waals surface area (Å²) in [4.78, 5) is 0. The topological polar surface area (TPSA) is 46.2 Å². The van der Waals surface area contributed by atoms with Gasteiger partial charge in [-0.1, -0.05) is 39.5 Å². The normalized spacial score (nSPS) is 27.5. The van der Waals surface area contributed by atoms with E-state index >= 15 is 0 Å². The average molecular weight is 289 g/mol. The fourth-order valence-electron chi connectivity index (χ4n) is 2.94. The van der Waals surface area contributed by atoms with Gasteiger partial charge >= 0.3 is 0 Å². The number of sulfone groups is 1. The van der Waals surface area contributed by atoms with Crippen molar-refractivity contribution in [3.05, 3.63) is 0 Å². The van der Waals surface area contributed by atoms with Crippen molar-refractivity contribution in [2.75, 3.05) is 6.54 Å². The summed E-state index contributed by atoms with van der Waals surface area (Å²) in [5.74, 6) is 0. The molecule has 19 heavy (non-hydrogen) atoms. The molecule has 3 atom stereocenters. The second-order valence-electron chi connectivity index (χ2n) is 5.90. The quantitative estimate of drug-likeness (QED) is 0.816. The summed E-state index contributed by atoms with van der Waals surface area (Å²) in [5, 5.41) is 3.12. The van der Waals surface area contributed by atoms with Crippen molar-refractivity contribution in [2.24, 2.45) is 0 Å². The van der Waals surface area contributed by atoms with E-state index in [9.17, 15) is 8.42 Å². The smallest absolute Gasteiger partial charge is 0.157 e. The molecule has 0 saturated heterocycles. The molecule has 1 fully saturated rings. The third-order valence-electron chi connectivity index (χ3n) is 4.42. The van der Waals surface area contributed by atoms with Gasteiger partial charge in [-0.25, -0.2) is 8.42 Å². The molecule has 3 nitrogen and oxygen atoms in total. The first-order valence-corrected chi connectivity index (χ1v) is 9.61. The van der Waals surface area contributed by atoms with Gasteiger partial charge < -0.3 is 5.32 Å². The third kappa shape index (κ3) is 4.75. The van der Waals surface area contributed by atoms with Gasteiger partial charge in [-0.3, -0.25) is 0 Å². The lowest BCUT2D eigenvalue weighted by atomic mass is 9.96. The Morgan fingerprint density at radius 2 is 1.74 bits per heavy atom. The molecule has 1 saturated carbocycles. The maximum absolute atomic E-state index is 12.7. The first kappa shape index (κ1) is 17.0. The summed E-state index contributed by atoms with van der Waals surface area (Å²) >= 11 is 0. The highest BCUT2D eigenvalue weighted by atomic mass is 32.2. The van der Waals surface area contributed by atoms with Gasteiger partial charge in [0.05, 0.1) is 10.5 Å². The average Bonchev–Trinajstić information content (AvgIpc) is 2.36. The molecule has 0 spiro atoms. The lowest BCUT2D eigenvalue weighted by Gasteiger charge is -2.31. The van der Waals surface area contributed by atoms with Crippen LogP contribution in [0.25, 0.3) is 0 Å². The second kappa shape index (κ2) is 8.25. The van der Waals surface area contributed by atoms with Crippen molar-refractivity contribution < 1.29 is 8.42 Å². The molecule has 1 N–H and O–H groups in total. The van der Waals surface area contributed by atoms with Crippen LogP contribution in [0, 0.1) is 0 Å². The van der Waals surface area contributed by atoms with E-state index in [1.54, 1.807) is 0 Å². The predicted octanol–water partition coefficient (Wildman–Crippen LogP) is 3.29. The van der Waals surface area contributed by atoms with Crippen molar-refractivity contribution in [3.8, 4) is 0 Å². The molecule has 1 aliphatic carbocycles. The first-order valence-electron chi connectivity index (χ1n) is 8.00. The molecule has 0 radical (unpaired) electrons. The molecule has 0 aromatic rings. The van der Waals surface area contributed by atoms with Crippen LogP contribution in [0.1, 0.15) is 72.1 Å². The lowest BCUT2D eigenvalue weighted by molar-refractivity contribution is 0.385. The van der Waals surface area contributed by atoms with Gasteiger partial charge in [0.25, 0.3) is 0 Å². The highest BCUT2D eigenvalue weighted by molar-refractivity contribution is 7.92. The van der Waals surface area contributed by atoms with Crippen LogP contribution in [0.4, 0.5) is 0 Å². The lowest BCUT2D eigenvalue weighted by Crippen LogP contribution is -2.47. The SMILES string of the molecule is CCCNC1CCCCCCC1S(=O)(=O)C(C)CC. The summed E-state index contributed by atoms with van der Waals surface area (Å²) < 4.78 is 25.4. The third-order valence-corrected chi connectivity index (χ3v) is 7.28. The molecule has 0 aromatic heterocycles. The maximum Gasteiger partial charge on any atom is 0.157 e. The Bertz CT molecular complexity index is 338. The molecule has 1 aliphatic rings. The van der Waals surface area contributed by atoms with E-state index in [2.05, 4.69) is 12.2 Å². The van der Waals surface area contributed by atoms with Crippen LogP contribution in [-0.4, -0.2) is 31.5 Å². The molecule has 1 rings (SSSR count). The molecule has 0 aromatic carbocycles. The Labute approximate surface area is 119 Å². The zero-order valence-corrected chi connectivity index (χ0v) is 13.6. The van der Waals surface area contributed by atoms with E-state index in [0.717, 1.165) is 45.1 Å². The Balaban J connectivity index is 2.86. The highest BCUT2D eigenvalue weighted by Gasteiger charge is 2.36. The fourth-order valence-corrected chi connectivity index (χ4v) is 5.18. The van der Waals surface area contributed by atoms with Gasteiger partial charge in [0.15, 0.2) is 9.84 Å². The summed E-state index contributed by atoms with van der Waals surface area (Å²) in [5.41, 5.74) is 0. The van der Waals surface area contributed by atoms with Gasteiger partial charge in [-0.2, -0.15) is 0 Å². The first-order chi connectivity index (χ1) is 9.04. The molecule has 3 unspecified atom stereocenters. The predicted molar refractivity (Wildman–Crippen MR) is 82.2 cm³/mol. The minimum Gasteiger partial charge on any atom is -0.313 e. The number of rotatable bonds is 6. The van der Waals surface area contributed by atoms with E-state index in [1.165, 1.54) is 12.8 Å². The van der Waals surface area contributed by atoms with Crippen molar-refractivity contribution in [1.82, 2.24) is 5.32 Å². The van der Waals surface area contributed by atoms with Crippen molar-refractivity contribution >= 4 is 9.84 Å². The molecular weight excluding hydrogens is 258 g/mol. The molecule has 0 aliphatic heterocycles. The Morgan fingerprint density at radius 1 is 1.11 bits per heavy atom. The minimum atomic E-state index is -2.99. The summed E-state index contributed by atoms with van der Waals surface area (Å²) in [7, 11) is -2.99. The Morgan fingerprint density at radius 3 is 2.32 bits per heavy atom. The van der Waals surface area contributed by atoms with E-state index < -0.39 is 9.84 Å². The largest absolute Gasteiger partial charge is 0.313 e. The van der Waals surface area contributed by atoms with Crippen LogP contribution >= 0.6 is 0 Å². The fraction of sp³-hybridized carbons (Fsp3) is 1.00. The van der Waals surface area contributed by atoms with Crippen molar-refractivity contribution in [2.45, 2.75) is 88.7 Å². The van der Waals surface area contributed by atoms with E-state index in [4.69, 9.17) is 0 Å². The van der Waals surface area contributed by atoms with Crippen LogP contribution in [-0.2, 0) is 9.84 Å². The molecule has 0 bridgehead atoms.